The maximum absolute atomic E-state index is 12.0. The highest BCUT2D eigenvalue weighted by Crippen LogP contribution is 2.26. The number of aryl methyl sites for hydroxylation is 2. The fourth-order valence-electron chi connectivity index (χ4n) is 1.61. The Kier molecular flexibility index (Phi) is 3.92. The second-order valence-electron chi connectivity index (χ2n) is 3.84. The summed E-state index contributed by atoms with van der Waals surface area (Å²) < 4.78 is 63.0. The highest BCUT2D eigenvalue weighted by atomic mass is 32.2. The van der Waals surface area contributed by atoms with Crippen LogP contribution in [0.3, 0.4) is 0 Å². The third kappa shape index (κ3) is 3.88. The zero-order valence-electron chi connectivity index (χ0n) is 9.71. The topological polar surface area (TPSA) is 69.4 Å². The van der Waals surface area contributed by atoms with Crippen molar-refractivity contribution in [3.63, 3.8) is 0 Å². The molecule has 0 radical (unpaired) electrons. The predicted molar refractivity (Wildman–Crippen MR) is 58.8 cm³/mol. The Hall–Kier alpha value is -1.28. The number of hydrogen-bond donors (Lipinski definition) is 1. The van der Waals surface area contributed by atoms with Gasteiger partial charge in [-0.15, -0.1) is 0 Å². The van der Waals surface area contributed by atoms with Gasteiger partial charge < -0.3 is 4.74 Å². The molecule has 1 rings (SSSR count). The molecule has 0 atom stereocenters. The van der Waals surface area contributed by atoms with Crippen molar-refractivity contribution in [1.29, 1.82) is 0 Å². The Labute approximate surface area is 103 Å². The summed E-state index contributed by atoms with van der Waals surface area (Å²) in [7, 11) is -3.90. The van der Waals surface area contributed by atoms with Crippen LogP contribution in [-0.4, -0.2) is 21.2 Å². The molecule has 0 aromatic heterocycles. The number of alkyl halides is 3. The van der Waals surface area contributed by atoms with Crippen molar-refractivity contribution >= 4 is 10.0 Å². The number of rotatable bonds is 3. The summed E-state index contributed by atoms with van der Waals surface area (Å²) in [5.74, 6) is -0.0466. The first-order valence-corrected chi connectivity index (χ1v) is 6.39. The van der Waals surface area contributed by atoms with E-state index >= 15 is 0 Å². The first-order valence-electron chi connectivity index (χ1n) is 4.84. The number of ether oxygens (including phenoxy) is 1. The fourth-order valence-corrected chi connectivity index (χ4v) is 2.62. The summed E-state index contributed by atoms with van der Waals surface area (Å²) in [4.78, 5) is -0.0955. The summed E-state index contributed by atoms with van der Waals surface area (Å²) in [6.45, 7) is 1.45. The zero-order chi connectivity index (χ0) is 14.1. The number of primary sulfonamides is 1. The van der Waals surface area contributed by atoms with Crippen LogP contribution < -0.4 is 9.88 Å². The quantitative estimate of drug-likeness (QED) is 0.921. The Morgan fingerprint density at radius 1 is 1.22 bits per heavy atom. The normalized spacial score (nSPS) is 12.6. The van der Waals surface area contributed by atoms with Crippen LogP contribution in [0.4, 0.5) is 13.2 Å². The van der Waals surface area contributed by atoms with Crippen molar-refractivity contribution in [3.8, 4) is 5.75 Å². The molecule has 1 aromatic rings. The van der Waals surface area contributed by atoms with Gasteiger partial charge in [0.2, 0.25) is 10.0 Å². The summed E-state index contributed by atoms with van der Waals surface area (Å²) >= 11 is 0. The van der Waals surface area contributed by atoms with E-state index in [0.29, 0.717) is 0 Å². The van der Waals surface area contributed by atoms with E-state index in [1.54, 1.807) is 0 Å². The Bertz CT molecular complexity index is 529. The summed E-state index contributed by atoms with van der Waals surface area (Å²) in [5.41, 5.74) is 0.490. The Morgan fingerprint density at radius 2 is 1.67 bits per heavy atom. The molecule has 2 N–H and O–H groups in total. The summed E-state index contributed by atoms with van der Waals surface area (Å²) in [6.07, 6.45) is -4.44. The van der Waals surface area contributed by atoms with E-state index in [4.69, 9.17) is 5.14 Å². The van der Waals surface area contributed by atoms with Crippen LogP contribution in [0.25, 0.3) is 0 Å². The van der Waals surface area contributed by atoms with Gasteiger partial charge in [-0.3, -0.25) is 0 Å². The maximum Gasteiger partial charge on any atom is 0.422 e. The first kappa shape index (κ1) is 14.8. The van der Waals surface area contributed by atoms with Gasteiger partial charge in [-0.25, -0.2) is 13.6 Å². The molecule has 0 spiro atoms. The summed E-state index contributed by atoms with van der Waals surface area (Å²) in [6, 6.07) is 2.41. The van der Waals surface area contributed by atoms with Crippen LogP contribution in [0.15, 0.2) is 17.0 Å². The van der Waals surface area contributed by atoms with Crippen molar-refractivity contribution in [3.05, 3.63) is 23.3 Å². The van der Waals surface area contributed by atoms with E-state index in [0.717, 1.165) is 0 Å². The number of nitrogens with two attached hydrogens (primary N) is 1. The molecule has 0 aliphatic heterocycles. The standard InChI is InChI=1S/C10H12F3NO3S/c1-6-3-8(17-5-10(11,12)13)4-7(2)9(6)18(14,15)16/h3-4H,5H2,1-2H3,(H2,14,15,16). The van der Waals surface area contributed by atoms with E-state index in [1.807, 2.05) is 0 Å². The van der Waals surface area contributed by atoms with Gasteiger partial charge in [0.15, 0.2) is 6.61 Å². The number of hydrogen-bond acceptors (Lipinski definition) is 3. The lowest BCUT2D eigenvalue weighted by Gasteiger charge is -2.13. The fraction of sp³-hybridized carbons (Fsp3) is 0.400. The lowest BCUT2D eigenvalue weighted by Crippen LogP contribution is -2.20. The van der Waals surface area contributed by atoms with Crippen LogP contribution in [-0.2, 0) is 10.0 Å². The first-order chi connectivity index (χ1) is 8.00. The molecule has 0 unspecified atom stereocenters. The molecule has 1 aromatic carbocycles. The van der Waals surface area contributed by atoms with Gasteiger partial charge >= 0.3 is 6.18 Å². The smallest absolute Gasteiger partial charge is 0.422 e. The van der Waals surface area contributed by atoms with E-state index in [2.05, 4.69) is 4.74 Å². The average Bonchev–Trinajstić information content (AvgIpc) is 2.10. The molecular formula is C10H12F3NO3S. The van der Waals surface area contributed by atoms with Crippen molar-refractivity contribution < 1.29 is 26.3 Å². The van der Waals surface area contributed by atoms with E-state index in [9.17, 15) is 21.6 Å². The molecule has 0 fully saturated rings. The lowest BCUT2D eigenvalue weighted by atomic mass is 10.1. The second kappa shape index (κ2) is 4.77. The minimum Gasteiger partial charge on any atom is -0.484 e. The third-order valence-electron chi connectivity index (χ3n) is 2.12. The van der Waals surface area contributed by atoms with Gasteiger partial charge in [-0.1, -0.05) is 0 Å². The van der Waals surface area contributed by atoms with Gasteiger partial charge in [0.1, 0.15) is 5.75 Å². The van der Waals surface area contributed by atoms with Crippen molar-refractivity contribution in [2.45, 2.75) is 24.9 Å². The number of benzene rings is 1. The van der Waals surface area contributed by atoms with Gasteiger partial charge in [0.05, 0.1) is 4.90 Å². The highest BCUT2D eigenvalue weighted by Gasteiger charge is 2.28. The molecule has 102 valence electrons. The van der Waals surface area contributed by atoms with Gasteiger partial charge in [0.25, 0.3) is 0 Å². The maximum atomic E-state index is 12.0. The predicted octanol–water partition coefficient (Wildman–Crippen LogP) is 1.89. The van der Waals surface area contributed by atoms with Crippen LogP contribution in [0.2, 0.25) is 0 Å². The van der Waals surface area contributed by atoms with E-state index in [1.165, 1.54) is 26.0 Å². The molecule has 0 aliphatic carbocycles. The van der Waals surface area contributed by atoms with Gasteiger partial charge in [-0.2, -0.15) is 13.2 Å². The molecule has 8 heteroatoms. The molecule has 0 bridgehead atoms. The van der Waals surface area contributed by atoms with Gasteiger partial charge in [-0.05, 0) is 37.1 Å². The van der Waals surface area contributed by atoms with Crippen LogP contribution in [0, 0.1) is 13.8 Å². The molecule has 0 saturated heterocycles. The van der Waals surface area contributed by atoms with Crippen LogP contribution >= 0.6 is 0 Å². The third-order valence-corrected chi connectivity index (χ3v) is 3.33. The van der Waals surface area contributed by atoms with Crippen LogP contribution in [0.5, 0.6) is 5.75 Å². The SMILES string of the molecule is Cc1cc(OCC(F)(F)F)cc(C)c1S(N)(=O)=O. The average molecular weight is 283 g/mol. The van der Waals surface area contributed by atoms with Crippen molar-refractivity contribution in [2.24, 2.45) is 5.14 Å². The molecule has 0 amide bonds. The zero-order valence-corrected chi connectivity index (χ0v) is 10.5. The highest BCUT2D eigenvalue weighted by molar-refractivity contribution is 7.89. The molecule has 0 heterocycles. The van der Waals surface area contributed by atoms with Crippen molar-refractivity contribution in [2.75, 3.05) is 6.61 Å². The Morgan fingerprint density at radius 3 is 2.00 bits per heavy atom. The Balaban J connectivity index is 3.08. The lowest BCUT2D eigenvalue weighted by molar-refractivity contribution is -0.153. The number of halogens is 3. The second-order valence-corrected chi connectivity index (χ2v) is 5.33. The molecular weight excluding hydrogens is 271 g/mol. The minimum absolute atomic E-state index is 0.0466. The number of sulfonamides is 1. The monoisotopic (exact) mass is 283 g/mol. The largest absolute Gasteiger partial charge is 0.484 e. The van der Waals surface area contributed by atoms with E-state index < -0.39 is 22.8 Å². The van der Waals surface area contributed by atoms with E-state index in [-0.39, 0.29) is 21.8 Å². The van der Waals surface area contributed by atoms with Gasteiger partial charge in [0, 0.05) is 0 Å². The van der Waals surface area contributed by atoms with Crippen molar-refractivity contribution in [1.82, 2.24) is 0 Å². The minimum atomic E-state index is -4.44. The molecule has 0 saturated carbocycles. The molecule has 0 aliphatic rings. The molecule has 4 nitrogen and oxygen atoms in total. The van der Waals surface area contributed by atoms with Crippen LogP contribution in [0.1, 0.15) is 11.1 Å². The summed E-state index contributed by atoms with van der Waals surface area (Å²) in [5, 5.41) is 5.00. The molecule has 18 heavy (non-hydrogen) atoms.